The highest BCUT2D eigenvalue weighted by atomic mass is 32.1. The highest BCUT2D eigenvalue weighted by Gasteiger charge is 2.23. The van der Waals surface area contributed by atoms with Gasteiger partial charge in [-0.1, -0.05) is 6.92 Å². The third kappa shape index (κ3) is 2.99. The summed E-state index contributed by atoms with van der Waals surface area (Å²) in [6.07, 6.45) is 5.83. The van der Waals surface area contributed by atoms with Gasteiger partial charge in [0.05, 0.1) is 0 Å². The van der Waals surface area contributed by atoms with Crippen LogP contribution in [0.4, 0.5) is 5.13 Å². The van der Waals surface area contributed by atoms with Crippen molar-refractivity contribution in [1.29, 1.82) is 0 Å². The predicted octanol–water partition coefficient (Wildman–Crippen LogP) is 3.19. The first-order valence-electron chi connectivity index (χ1n) is 6.68. The molecule has 1 N–H and O–H groups in total. The summed E-state index contributed by atoms with van der Waals surface area (Å²) in [5.74, 6) is 0. The molecule has 0 radical (unpaired) electrons. The molecule has 0 spiro atoms. The van der Waals surface area contributed by atoms with Crippen molar-refractivity contribution in [2.75, 3.05) is 18.0 Å². The minimum atomic E-state index is 0.430. The van der Waals surface area contributed by atoms with Gasteiger partial charge in [-0.3, -0.25) is 0 Å². The molecule has 0 saturated carbocycles. The van der Waals surface area contributed by atoms with E-state index < -0.39 is 0 Å². The van der Waals surface area contributed by atoms with Gasteiger partial charge >= 0.3 is 0 Å². The molecule has 17 heavy (non-hydrogen) atoms. The fraction of sp³-hybridized carbons (Fsp3) is 0.769. The van der Waals surface area contributed by atoms with Crippen molar-refractivity contribution in [1.82, 2.24) is 10.3 Å². The molecule has 2 heterocycles. The Bertz CT molecular complexity index is 350. The van der Waals surface area contributed by atoms with Crippen LogP contribution in [0.3, 0.4) is 0 Å². The van der Waals surface area contributed by atoms with Crippen molar-refractivity contribution in [2.45, 2.75) is 52.1 Å². The Morgan fingerprint density at radius 1 is 1.65 bits per heavy atom. The van der Waals surface area contributed by atoms with Crippen LogP contribution in [0.2, 0.25) is 0 Å². The van der Waals surface area contributed by atoms with E-state index in [1.54, 1.807) is 0 Å². The molecule has 2 atom stereocenters. The lowest BCUT2D eigenvalue weighted by Crippen LogP contribution is -2.25. The van der Waals surface area contributed by atoms with Gasteiger partial charge in [0.15, 0.2) is 5.13 Å². The molecule has 96 valence electrons. The lowest BCUT2D eigenvalue weighted by Gasteiger charge is -2.20. The zero-order chi connectivity index (χ0) is 12.3. The Kier molecular flexibility index (Phi) is 4.40. The molecular weight excluding hydrogens is 230 g/mol. The Balaban J connectivity index is 2.00. The zero-order valence-corrected chi connectivity index (χ0v) is 11.9. The Morgan fingerprint density at radius 2 is 2.47 bits per heavy atom. The summed E-state index contributed by atoms with van der Waals surface area (Å²) in [6, 6.07) is 1.09. The van der Waals surface area contributed by atoms with Crippen molar-refractivity contribution < 1.29 is 0 Å². The molecule has 0 aliphatic carbocycles. The summed E-state index contributed by atoms with van der Waals surface area (Å²) in [6.45, 7) is 8.97. The monoisotopic (exact) mass is 253 g/mol. The largest absolute Gasteiger partial charge is 0.345 e. The quantitative estimate of drug-likeness (QED) is 0.873. The molecule has 1 saturated heterocycles. The van der Waals surface area contributed by atoms with Crippen LogP contribution in [0.15, 0.2) is 6.20 Å². The summed E-state index contributed by atoms with van der Waals surface area (Å²) >= 11 is 1.84. The summed E-state index contributed by atoms with van der Waals surface area (Å²) in [5, 5.41) is 4.72. The van der Waals surface area contributed by atoms with Crippen LogP contribution in [-0.4, -0.2) is 24.1 Å². The molecule has 1 aliphatic rings. The number of hydrogen-bond acceptors (Lipinski definition) is 4. The van der Waals surface area contributed by atoms with E-state index in [4.69, 9.17) is 0 Å². The van der Waals surface area contributed by atoms with Crippen molar-refractivity contribution in [3.8, 4) is 0 Å². The van der Waals surface area contributed by atoms with Gasteiger partial charge in [-0.25, -0.2) is 4.98 Å². The van der Waals surface area contributed by atoms with E-state index in [0.717, 1.165) is 6.54 Å². The number of rotatable bonds is 5. The van der Waals surface area contributed by atoms with E-state index in [2.05, 4.69) is 36.0 Å². The number of nitrogens with zero attached hydrogens (tertiary/aromatic N) is 2. The molecule has 1 fully saturated rings. The molecule has 3 nitrogen and oxygen atoms in total. The summed E-state index contributed by atoms with van der Waals surface area (Å²) < 4.78 is 0. The highest BCUT2D eigenvalue weighted by molar-refractivity contribution is 7.15. The Morgan fingerprint density at radius 3 is 3.12 bits per heavy atom. The highest BCUT2D eigenvalue weighted by Crippen LogP contribution is 2.31. The standard InChI is InChI=1S/C13H23N3S/c1-4-7-14-11(3)12-9-15-13(17-12)16-8-5-6-10(16)2/h9-11,14H,4-8H2,1-3H3. The minimum absolute atomic E-state index is 0.430. The van der Waals surface area contributed by atoms with Gasteiger partial charge in [0.2, 0.25) is 0 Å². The van der Waals surface area contributed by atoms with Crippen molar-refractivity contribution >= 4 is 16.5 Å². The van der Waals surface area contributed by atoms with E-state index >= 15 is 0 Å². The smallest absolute Gasteiger partial charge is 0.185 e. The van der Waals surface area contributed by atoms with E-state index in [1.165, 1.54) is 35.8 Å². The number of aromatic nitrogens is 1. The maximum atomic E-state index is 4.58. The summed E-state index contributed by atoms with van der Waals surface area (Å²) in [5.41, 5.74) is 0. The van der Waals surface area contributed by atoms with E-state index in [1.807, 2.05) is 17.5 Å². The third-order valence-electron chi connectivity index (χ3n) is 3.44. The molecular formula is C13H23N3S. The first-order valence-corrected chi connectivity index (χ1v) is 7.49. The number of hydrogen-bond donors (Lipinski definition) is 1. The first kappa shape index (κ1) is 12.8. The number of anilines is 1. The minimum Gasteiger partial charge on any atom is -0.345 e. The topological polar surface area (TPSA) is 28.2 Å². The summed E-state index contributed by atoms with van der Waals surface area (Å²) in [4.78, 5) is 8.38. The molecule has 0 aromatic carbocycles. The average Bonchev–Trinajstić information content (AvgIpc) is 2.93. The molecule has 1 aromatic heterocycles. The molecule has 1 aromatic rings. The lowest BCUT2D eigenvalue weighted by atomic mass is 10.2. The fourth-order valence-corrected chi connectivity index (χ4v) is 3.36. The van der Waals surface area contributed by atoms with E-state index in [9.17, 15) is 0 Å². The molecule has 2 unspecified atom stereocenters. The summed E-state index contributed by atoms with van der Waals surface area (Å²) in [7, 11) is 0. The van der Waals surface area contributed by atoms with Crippen LogP contribution < -0.4 is 10.2 Å². The van der Waals surface area contributed by atoms with E-state index in [-0.39, 0.29) is 0 Å². The fourth-order valence-electron chi connectivity index (χ4n) is 2.29. The van der Waals surface area contributed by atoms with Gasteiger partial charge < -0.3 is 10.2 Å². The Labute approximate surface area is 108 Å². The molecule has 1 aliphatic heterocycles. The average molecular weight is 253 g/mol. The second kappa shape index (κ2) is 5.83. The first-order chi connectivity index (χ1) is 8.22. The second-order valence-electron chi connectivity index (χ2n) is 4.91. The Hall–Kier alpha value is -0.610. The molecule has 2 rings (SSSR count). The van der Waals surface area contributed by atoms with Gasteiger partial charge in [-0.15, -0.1) is 11.3 Å². The van der Waals surface area contributed by atoms with Gasteiger partial charge in [-0.05, 0) is 39.7 Å². The molecule has 0 bridgehead atoms. The van der Waals surface area contributed by atoms with Crippen LogP contribution in [0.5, 0.6) is 0 Å². The molecule has 0 amide bonds. The SMILES string of the molecule is CCCNC(C)c1cnc(N2CCCC2C)s1. The van der Waals surface area contributed by atoms with Crippen LogP contribution in [0.25, 0.3) is 0 Å². The zero-order valence-electron chi connectivity index (χ0n) is 11.1. The van der Waals surface area contributed by atoms with Crippen molar-refractivity contribution in [3.05, 3.63) is 11.1 Å². The number of thiazole rings is 1. The van der Waals surface area contributed by atoms with Gasteiger partial charge in [-0.2, -0.15) is 0 Å². The predicted molar refractivity (Wildman–Crippen MR) is 74.9 cm³/mol. The van der Waals surface area contributed by atoms with Crippen LogP contribution in [0, 0.1) is 0 Å². The maximum Gasteiger partial charge on any atom is 0.185 e. The lowest BCUT2D eigenvalue weighted by molar-refractivity contribution is 0.577. The number of nitrogens with one attached hydrogen (secondary N) is 1. The van der Waals surface area contributed by atoms with Crippen molar-refractivity contribution in [3.63, 3.8) is 0 Å². The molecule has 4 heteroatoms. The van der Waals surface area contributed by atoms with E-state index in [0.29, 0.717) is 12.1 Å². The van der Waals surface area contributed by atoms with Crippen molar-refractivity contribution in [2.24, 2.45) is 0 Å². The normalized spacial score (nSPS) is 22.1. The van der Waals surface area contributed by atoms with Crippen LogP contribution in [-0.2, 0) is 0 Å². The van der Waals surface area contributed by atoms with Gasteiger partial charge in [0.25, 0.3) is 0 Å². The van der Waals surface area contributed by atoms with Crippen LogP contribution in [0.1, 0.15) is 51.0 Å². The van der Waals surface area contributed by atoms with Crippen LogP contribution >= 0.6 is 11.3 Å². The van der Waals surface area contributed by atoms with Gasteiger partial charge in [0.1, 0.15) is 0 Å². The second-order valence-corrected chi connectivity index (χ2v) is 5.95. The van der Waals surface area contributed by atoms with Gasteiger partial charge in [0, 0.05) is 29.7 Å². The maximum absolute atomic E-state index is 4.58. The third-order valence-corrected chi connectivity index (χ3v) is 4.65.